The summed E-state index contributed by atoms with van der Waals surface area (Å²) >= 11 is 0. The fraction of sp³-hybridized carbons (Fsp3) is 0.211. The summed E-state index contributed by atoms with van der Waals surface area (Å²) in [5.41, 5.74) is 3.86. The highest BCUT2D eigenvalue weighted by Crippen LogP contribution is 2.38. The molecule has 2 aromatic carbocycles. The van der Waals surface area contributed by atoms with Crippen LogP contribution in [0.25, 0.3) is 0 Å². The van der Waals surface area contributed by atoms with Gasteiger partial charge in [0, 0.05) is 18.2 Å². The monoisotopic (exact) mass is 371 g/mol. The van der Waals surface area contributed by atoms with E-state index in [0.29, 0.717) is 17.1 Å². The first kappa shape index (κ1) is 19.8. The van der Waals surface area contributed by atoms with Crippen molar-refractivity contribution in [1.82, 2.24) is 5.43 Å². The number of methoxy groups -OCH3 is 2. The molecular weight excluding hydrogens is 350 g/mol. The smallest absolute Gasteiger partial charge is 0.308 e. The van der Waals surface area contributed by atoms with E-state index in [-0.39, 0.29) is 18.2 Å². The SMILES string of the molecule is COc1cc(/C=N\NC(=O)CNc2ccccc2)cc(OC)c1OC(C)=O. The first-order chi connectivity index (χ1) is 13.0. The van der Waals surface area contributed by atoms with E-state index in [2.05, 4.69) is 15.8 Å². The Balaban J connectivity index is 2.01. The molecular formula is C19H21N3O5. The minimum atomic E-state index is -0.494. The van der Waals surface area contributed by atoms with E-state index in [1.165, 1.54) is 27.4 Å². The normalized spacial score (nSPS) is 10.3. The van der Waals surface area contributed by atoms with Crippen LogP contribution in [0.1, 0.15) is 12.5 Å². The third-order valence-corrected chi connectivity index (χ3v) is 3.36. The minimum absolute atomic E-state index is 0.0827. The summed E-state index contributed by atoms with van der Waals surface area (Å²) in [7, 11) is 2.89. The van der Waals surface area contributed by atoms with Crippen molar-refractivity contribution >= 4 is 23.8 Å². The number of para-hydroxylation sites is 1. The second-order valence-electron chi connectivity index (χ2n) is 5.36. The Bertz CT molecular complexity index is 796. The summed E-state index contributed by atoms with van der Waals surface area (Å²) in [6, 6.07) is 12.6. The molecule has 0 radical (unpaired) electrons. The number of nitrogens with zero attached hydrogens (tertiary/aromatic N) is 1. The Labute approximate surface area is 157 Å². The maximum Gasteiger partial charge on any atom is 0.308 e. The highest BCUT2D eigenvalue weighted by molar-refractivity contribution is 5.86. The van der Waals surface area contributed by atoms with Gasteiger partial charge in [-0.25, -0.2) is 5.43 Å². The lowest BCUT2D eigenvalue weighted by Gasteiger charge is -2.13. The molecule has 8 nitrogen and oxygen atoms in total. The summed E-state index contributed by atoms with van der Waals surface area (Å²) < 4.78 is 15.6. The van der Waals surface area contributed by atoms with E-state index in [1.54, 1.807) is 12.1 Å². The molecule has 0 bridgehead atoms. The summed E-state index contributed by atoms with van der Waals surface area (Å²) in [5.74, 6) is 0.00338. The number of benzene rings is 2. The number of ether oxygens (including phenoxy) is 3. The van der Waals surface area contributed by atoms with Gasteiger partial charge in [-0.2, -0.15) is 5.10 Å². The Morgan fingerprint density at radius 2 is 1.70 bits per heavy atom. The van der Waals surface area contributed by atoms with Gasteiger partial charge in [-0.05, 0) is 24.3 Å². The average Bonchev–Trinajstić information content (AvgIpc) is 2.67. The number of esters is 1. The maximum atomic E-state index is 11.8. The molecule has 0 unspecified atom stereocenters. The lowest BCUT2D eigenvalue weighted by Crippen LogP contribution is -2.25. The van der Waals surface area contributed by atoms with E-state index >= 15 is 0 Å². The van der Waals surface area contributed by atoms with Gasteiger partial charge < -0.3 is 19.5 Å². The topological polar surface area (TPSA) is 98.2 Å². The molecule has 0 spiro atoms. The van der Waals surface area contributed by atoms with Crippen molar-refractivity contribution in [3.8, 4) is 17.2 Å². The van der Waals surface area contributed by atoms with Gasteiger partial charge in [0.15, 0.2) is 11.5 Å². The summed E-state index contributed by atoms with van der Waals surface area (Å²) in [5, 5.41) is 6.89. The minimum Gasteiger partial charge on any atom is -0.493 e. The Morgan fingerprint density at radius 3 is 2.26 bits per heavy atom. The first-order valence-corrected chi connectivity index (χ1v) is 8.08. The van der Waals surface area contributed by atoms with Gasteiger partial charge in [0.2, 0.25) is 5.75 Å². The predicted molar refractivity (Wildman–Crippen MR) is 102 cm³/mol. The molecule has 0 atom stereocenters. The van der Waals surface area contributed by atoms with E-state index in [9.17, 15) is 9.59 Å². The number of hydrazone groups is 1. The van der Waals surface area contributed by atoms with Crippen LogP contribution in [-0.4, -0.2) is 38.9 Å². The fourth-order valence-electron chi connectivity index (χ4n) is 2.18. The molecule has 0 aromatic heterocycles. The van der Waals surface area contributed by atoms with Gasteiger partial charge in [0.25, 0.3) is 5.91 Å². The molecule has 8 heteroatoms. The van der Waals surface area contributed by atoms with Gasteiger partial charge in [0.05, 0.1) is 27.0 Å². The highest BCUT2D eigenvalue weighted by atomic mass is 16.6. The van der Waals surface area contributed by atoms with Crippen LogP contribution in [0.4, 0.5) is 5.69 Å². The van der Waals surface area contributed by atoms with E-state index in [4.69, 9.17) is 14.2 Å². The maximum absolute atomic E-state index is 11.8. The molecule has 0 fully saturated rings. The zero-order valence-corrected chi connectivity index (χ0v) is 15.3. The molecule has 1 amide bonds. The van der Waals surface area contributed by atoms with Gasteiger partial charge in [-0.1, -0.05) is 18.2 Å². The third-order valence-electron chi connectivity index (χ3n) is 3.36. The molecule has 0 aliphatic heterocycles. The lowest BCUT2D eigenvalue weighted by molar-refractivity contribution is -0.132. The van der Waals surface area contributed by atoms with Crippen molar-refractivity contribution in [2.75, 3.05) is 26.1 Å². The van der Waals surface area contributed by atoms with E-state index < -0.39 is 5.97 Å². The number of amides is 1. The van der Waals surface area contributed by atoms with E-state index in [1.807, 2.05) is 30.3 Å². The zero-order chi connectivity index (χ0) is 19.6. The Morgan fingerprint density at radius 1 is 1.07 bits per heavy atom. The van der Waals surface area contributed by atoms with Crippen molar-refractivity contribution in [1.29, 1.82) is 0 Å². The number of carbonyl (C=O) groups excluding carboxylic acids is 2. The molecule has 142 valence electrons. The van der Waals surface area contributed by atoms with Crippen LogP contribution in [0.2, 0.25) is 0 Å². The number of hydrogen-bond donors (Lipinski definition) is 2. The zero-order valence-electron chi connectivity index (χ0n) is 15.3. The molecule has 27 heavy (non-hydrogen) atoms. The Kier molecular flexibility index (Phi) is 7.18. The second-order valence-corrected chi connectivity index (χ2v) is 5.36. The standard InChI is InChI=1S/C19H21N3O5/c1-13(23)27-19-16(25-2)9-14(10-17(19)26-3)11-21-22-18(24)12-20-15-7-5-4-6-8-15/h4-11,20H,12H2,1-3H3,(H,22,24)/b21-11-. The molecule has 0 saturated carbocycles. The molecule has 0 saturated heterocycles. The van der Waals surface area contributed by atoms with Gasteiger partial charge >= 0.3 is 5.97 Å². The quantitative estimate of drug-likeness (QED) is 0.319. The highest BCUT2D eigenvalue weighted by Gasteiger charge is 2.15. The van der Waals surface area contributed by atoms with Crippen LogP contribution >= 0.6 is 0 Å². The largest absolute Gasteiger partial charge is 0.493 e. The van der Waals surface area contributed by atoms with Crippen molar-refractivity contribution in [2.45, 2.75) is 6.92 Å². The first-order valence-electron chi connectivity index (χ1n) is 8.08. The summed E-state index contributed by atoms with van der Waals surface area (Å²) in [6.45, 7) is 1.37. The molecule has 0 heterocycles. The van der Waals surface area contributed by atoms with E-state index in [0.717, 1.165) is 5.69 Å². The average molecular weight is 371 g/mol. The predicted octanol–water partition coefficient (Wildman–Crippen LogP) is 2.19. The van der Waals surface area contributed by atoms with Crippen LogP contribution in [0.15, 0.2) is 47.6 Å². The van der Waals surface area contributed by atoms with Gasteiger partial charge in [0.1, 0.15) is 0 Å². The molecule has 0 aliphatic rings. The third kappa shape index (κ3) is 6.03. The van der Waals surface area contributed by atoms with Crippen molar-refractivity contribution < 1.29 is 23.8 Å². The van der Waals surface area contributed by atoms with Crippen LogP contribution < -0.4 is 25.0 Å². The summed E-state index contributed by atoms with van der Waals surface area (Å²) in [6.07, 6.45) is 1.43. The summed E-state index contributed by atoms with van der Waals surface area (Å²) in [4.78, 5) is 23.1. The van der Waals surface area contributed by atoms with Crippen molar-refractivity contribution in [3.63, 3.8) is 0 Å². The number of hydrogen-bond acceptors (Lipinski definition) is 7. The van der Waals surface area contributed by atoms with Crippen molar-refractivity contribution in [3.05, 3.63) is 48.0 Å². The lowest BCUT2D eigenvalue weighted by atomic mass is 10.2. The van der Waals surface area contributed by atoms with Crippen LogP contribution in [0.3, 0.4) is 0 Å². The number of nitrogens with one attached hydrogen (secondary N) is 2. The van der Waals surface area contributed by atoms with Gasteiger partial charge in [-0.3, -0.25) is 9.59 Å². The number of carbonyl (C=O) groups is 2. The van der Waals surface area contributed by atoms with Crippen molar-refractivity contribution in [2.24, 2.45) is 5.10 Å². The molecule has 0 aliphatic carbocycles. The molecule has 2 N–H and O–H groups in total. The molecule has 2 rings (SSSR count). The number of anilines is 1. The van der Waals surface area contributed by atoms with Crippen LogP contribution in [-0.2, 0) is 9.59 Å². The second kappa shape index (κ2) is 9.81. The number of rotatable bonds is 8. The van der Waals surface area contributed by atoms with Crippen LogP contribution in [0, 0.1) is 0 Å². The Hall–Kier alpha value is -3.55. The van der Waals surface area contributed by atoms with Gasteiger partial charge in [-0.15, -0.1) is 0 Å². The van der Waals surface area contributed by atoms with Crippen LogP contribution in [0.5, 0.6) is 17.2 Å². The fourth-order valence-corrected chi connectivity index (χ4v) is 2.18. The molecule has 2 aromatic rings.